The second-order valence-electron chi connectivity index (χ2n) is 7.61. The summed E-state index contributed by atoms with van der Waals surface area (Å²) in [6.07, 6.45) is 4.72. The second-order valence-corrected chi connectivity index (χ2v) is 8.81. The van der Waals surface area contributed by atoms with Gasteiger partial charge in [0.15, 0.2) is 0 Å². The fourth-order valence-electron chi connectivity index (χ4n) is 4.55. The van der Waals surface area contributed by atoms with Crippen molar-refractivity contribution in [3.8, 4) is 0 Å². The van der Waals surface area contributed by atoms with Gasteiger partial charge in [-0.15, -0.1) is 0 Å². The van der Waals surface area contributed by atoms with Crippen LogP contribution in [-0.4, -0.2) is 5.97 Å². The van der Waals surface area contributed by atoms with Gasteiger partial charge < -0.3 is 4.74 Å². The highest BCUT2D eigenvalue weighted by Gasteiger charge is 2.44. The van der Waals surface area contributed by atoms with E-state index >= 15 is 0 Å². The van der Waals surface area contributed by atoms with Crippen LogP contribution in [0.2, 0.25) is 15.1 Å². The molecule has 0 heterocycles. The Morgan fingerprint density at radius 1 is 1.23 bits per heavy atom. The number of hydrogen-bond donors (Lipinski definition) is 0. The van der Waals surface area contributed by atoms with Gasteiger partial charge in [-0.1, -0.05) is 41.7 Å². The molecule has 0 saturated heterocycles. The smallest absolute Gasteiger partial charge is 0.307 e. The first-order valence-corrected chi connectivity index (χ1v) is 9.84. The van der Waals surface area contributed by atoms with Gasteiger partial charge in [-0.2, -0.15) is 0 Å². The third-order valence-electron chi connectivity index (χ3n) is 5.90. The van der Waals surface area contributed by atoms with E-state index in [1.807, 2.05) is 19.1 Å². The van der Waals surface area contributed by atoms with Crippen molar-refractivity contribution in [2.75, 3.05) is 0 Å². The summed E-state index contributed by atoms with van der Waals surface area (Å²) in [6.45, 7) is 5.57. The summed E-state index contributed by atoms with van der Waals surface area (Å²) >= 11 is 19.6. The van der Waals surface area contributed by atoms with Gasteiger partial charge in [0.2, 0.25) is 0 Å². The largest absolute Gasteiger partial charge is 0.432 e. The molecule has 2 aromatic carbocycles. The monoisotopic (exact) mass is 408 g/mol. The van der Waals surface area contributed by atoms with E-state index in [0.29, 0.717) is 21.5 Å². The van der Waals surface area contributed by atoms with Crippen molar-refractivity contribution in [2.24, 2.45) is 5.41 Å². The van der Waals surface area contributed by atoms with Crippen LogP contribution in [-0.2, 0) is 16.0 Å². The maximum Gasteiger partial charge on any atom is 0.307 e. The lowest BCUT2D eigenvalue weighted by Gasteiger charge is -2.37. The highest BCUT2D eigenvalue weighted by molar-refractivity contribution is 6.44. The van der Waals surface area contributed by atoms with E-state index < -0.39 is 0 Å². The van der Waals surface area contributed by atoms with Crippen LogP contribution in [0.5, 0.6) is 0 Å². The minimum absolute atomic E-state index is 0.0346. The molecule has 0 spiro atoms. The van der Waals surface area contributed by atoms with Crippen LogP contribution in [0.25, 0.3) is 10.8 Å². The number of halogens is 3. The molecule has 0 aliphatic heterocycles. The van der Waals surface area contributed by atoms with Crippen LogP contribution < -0.4 is 0 Å². The maximum atomic E-state index is 11.4. The van der Waals surface area contributed by atoms with Crippen molar-refractivity contribution in [1.82, 2.24) is 0 Å². The molecule has 136 valence electrons. The van der Waals surface area contributed by atoms with E-state index in [1.54, 1.807) is 0 Å². The van der Waals surface area contributed by atoms with Crippen LogP contribution in [0.1, 0.15) is 49.3 Å². The number of allylic oxidation sites excluding steroid dienone is 2. The lowest BCUT2D eigenvalue weighted by Crippen LogP contribution is -2.26. The molecule has 0 fully saturated rings. The minimum Gasteiger partial charge on any atom is -0.432 e. The number of fused-ring (bicyclic) bond motifs is 5. The average molecular weight is 410 g/mol. The van der Waals surface area contributed by atoms with Crippen molar-refractivity contribution in [2.45, 2.75) is 46.0 Å². The number of benzene rings is 2. The molecule has 0 amide bonds. The predicted molar refractivity (Wildman–Crippen MR) is 107 cm³/mol. The van der Waals surface area contributed by atoms with Crippen molar-refractivity contribution in [3.05, 3.63) is 55.7 Å². The molecule has 0 aromatic heterocycles. The molecular formula is C21H19Cl3O2. The van der Waals surface area contributed by atoms with E-state index in [0.717, 1.165) is 34.9 Å². The molecule has 0 bridgehead atoms. The van der Waals surface area contributed by atoms with Crippen LogP contribution in [0, 0.1) is 12.3 Å². The Morgan fingerprint density at radius 2 is 1.96 bits per heavy atom. The molecule has 2 aliphatic carbocycles. The number of rotatable bonds is 1. The molecule has 0 radical (unpaired) electrons. The summed E-state index contributed by atoms with van der Waals surface area (Å²) in [5.41, 5.74) is 3.29. The Balaban J connectivity index is 1.90. The standard InChI is InChI=1S/C21H19Cl3O2/c1-10-17(22)8-15-13-4-5-21(3)9-12(26-11(2)25)6-16(21)14(13)7-18(23)19(15)20(10)24/h7-9,16H,4-6H2,1-3H3/t16-,21+/m1/s1. The van der Waals surface area contributed by atoms with Gasteiger partial charge in [-0.3, -0.25) is 4.79 Å². The lowest BCUT2D eigenvalue weighted by molar-refractivity contribution is -0.137. The van der Waals surface area contributed by atoms with Crippen LogP contribution in [0.4, 0.5) is 0 Å². The predicted octanol–water partition coefficient (Wildman–Crippen LogP) is 7.00. The first-order chi connectivity index (χ1) is 12.2. The number of carbonyl (C=O) groups excluding carboxylic acids is 1. The molecule has 4 rings (SSSR count). The first-order valence-electron chi connectivity index (χ1n) is 8.71. The number of aryl methyl sites for hydroxylation is 1. The molecule has 2 atom stereocenters. The molecule has 0 N–H and O–H groups in total. The van der Waals surface area contributed by atoms with Gasteiger partial charge in [-0.05, 0) is 65.5 Å². The Labute approximate surface area is 168 Å². The van der Waals surface area contributed by atoms with E-state index in [2.05, 4.69) is 13.0 Å². The van der Waals surface area contributed by atoms with Crippen LogP contribution in [0.15, 0.2) is 24.0 Å². The van der Waals surface area contributed by atoms with Gasteiger partial charge in [-0.25, -0.2) is 0 Å². The van der Waals surface area contributed by atoms with Crippen molar-refractivity contribution in [3.63, 3.8) is 0 Å². The van der Waals surface area contributed by atoms with Crippen LogP contribution >= 0.6 is 34.8 Å². The topological polar surface area (TPSA) is 26.3 Å². The third-order valence-corrected chi connectivity index (χ3v) is 7.06. The number of esters is 1. The first kappa shape index (κ1) is 18.2. The Hall–Kier alpha value is -1.22. The molecule has 2 nitrogen and oxygen atoms in total. The highest BCUT2D eigenvalue weighted by Crippen LogP contribution is 2.56. The zero-order valence-electron chi connectivity index (χ0n) is 14.9. The fraction of sp³-hybridized carbons (Fsp3) is 0.381. The average Bonchev–Trinajstić information content (AvgIpc) is 2.88. The summed E-state index contributed by atoms with van der Waals surface area (Å²) in [7, 11) is 0. The Morgan fingerprint density at radius 3 is 2.65 bits per heavy atom. The lowest BCUT2D eigenvalue weighted by atomic mass is 9.66. The zero-order chi connectivity index (χ0) is 18.8. The van der Waals surface area contributed by atoms with E-state index in [1.165, 1.54) is 18.1 Å². The van der Waals surface area contributed by atoms with Gasteiger partial charge in [0.05, 0.1) is 10.0 Å². The van der Waals surface area contributed by atoms with E-state index in [9.17, 15) is 4.79 Å². The maximum absolute atomic E-state index is 11.4. The summed E-state index contributed by atoms with van der Waals surface area (Å²) in [4.78, 5) is 11.4. The minimum atomic E-state index is -0.274. The molecule has 2 aromatic rings. The normalized spacial score (nSPS) is 24.2. The molecule has 5 heteroatoms. The third kappa shape index (κ3) is 2.66. The summed E-state index contributed by atoms with van der Waals surface area (Å²) in [6, 6.07) is 4.03. The molecule has 0 unspecified atom stereocenters. The summed E-state index contributed by atoms with van der Waals surface area (Å²) in [5.74, 6) is 0.722. The van der Waals surface area contributed by atoms with Crippen molar-refractivity contribution in [1.29, 1.82) is 0 Å². The van der Waals surface area contributed by atoms with Gasteiger partial charge in [0, 0.05) is 29.7 Å². The van der Waals surface area contributed by atoms with Gasteiger partial charge in [0.1, 0.15) is 5.76 Å². The SMILES string of the molecule is CC(=O)OC1=C[C@]2(C)CCc3c(cc(Cl)c4c(Cl)c(C)c(Cl)cc34)[C@H]2C1. The van der Waals surface area contributed by atoms with Crippen LogP contribution in [0.3, 0.4) is 0 Å². The van der Waals surface area contributed by atoms with Crippen molar-refractivity contribution < 1.29 is 9.53 Å². The number of carbonyl (C=O) groups is 1. The zero-order valence-corrected chi connectivity index (χ0v) is 17.1. The second kappa shape index (κ2) is 6.15. The molecule has 0 saturated carbocycles. The Kier molecular flexibility index (Phi) is 4.30. The highest BCUT2D eigenvalue weighted by atomic mass is 35.5. The van der Waals surface area contributed by atoms with E-state index in [-0.39, 0.29) is 17.3 Å². The molecule has 26 heavy (non-hydrogen) atoms. The summed E-state index contributed by atoms with van der Waals surface area (Å²) < 4.78 is 5.40. The number of ether oxygens (including phenoxy) is 1. The van der Waals surface area contributed by atoms with E-state index in [4.69, 9.17) is 39.5 Å². The fourth-order valence-corrected chi connectivity index (χ4v) is 5.47. The van der Waals surface area contributed by atoms with Crippen molar-refractivity contribution >= 4 is 51.5 Å². The summed E-state index contributed by atoms with van der Waals surface area (Å²) in [5, 5.41) is 3.85. The number of hydrogen-bond acceptors (Lipinski definition) is 2. The van der Waals surface area contributed by atoms with Gasteiger partial charge in [0.25, 0.3) is 0 Å². The quantitative estimate of drug-likeness (QED) is 0.474. The Bertz CT molecular complexity index is 993. The molecule has 2 aliphatic rings. The molecular weight excluding hydrogens is 391 g/mol. The van der Waals surface area contributed by atoms with Gasteiger partial charge >= 0.3 is 5.97 Å².